The summed E-state index contributed by atoms with van der Waals surface area (Å²) in [6.07, 6.45) is 4.79. The molecule has 5 heteroatoms. The van der Waals surface area contributed by atoms with E-state index in [1.165, 1.54) is 30.4 Å². The maximum atomic E-state index is 10.8. The number of hydrogen-bond donors (Lipinski definition) is 1. The van der Waals surface area contributed by atoms with E-state index in [4.69, 9.17) is 5.11 Å². The summed E-state index contributed by atoms with van der Waals surface area (Å²) in [4.78, 5) is 17.8. The maximum absolute atomic E-state index is 10.8. The molecule has 1 unspecified atom stereocenters. The highest BCUT2D eigenvalue weighted by atomic mass is 32.1. The molecule has 0 amide bonds. The topological polar surface area (TPSA) is 53.4 Å². The molecular weight excluding hydrogens is 236 g/mol. The van der Waals surface area contributed by atoms with E-state index in [2.05, 4.69) is 23.7 Å². The Labute approximate surface area is 105 Å². The van der Waals surface area contributed by atoms with Gasteiger partial charge >= 0.3 is 5.97 Å². The number of nitrogens with zero attached hydrogens (tertiary/aromatic N) is 2. The van der Waals surface area contributed by atoms with Crippen LogP contribution in [0.25, 0.3) is 0 Å². The van der Waals surface area contributed by atoms with Gasteiger partial charge in [0.2, 0.25) is 0 Å². The normalized spacial score (nSPS) is 21.2. The van der Waals surface area contributed by atoms with Crippen molar-refractivity contribution in [1.82, 2.24) is 9.88 Å². The summed E-state index contributed by atoms with van der Waals surface area (Å²) in [6, 6.07) is 1.09. The quantitative estimate of drug-likeness (QED) is 0.895. The van der Waals surface area contributed by atoms with Crippen LogP contribution in [0.4, 0.5) is 0 Å². The second-order valence-electron chi connectivity index (χ2n) is 4.76. The lowest BCUT2D eigenvalue weighted by molar-refractivity contribution is 0.0702. The number of aromatic nitrogens is 1. The van der Waals surface area contributed by atoms with Gasteiger partial charge < -0.3 is 5.11 Å². The van der Waals surface area contributed by atoms with Gasteiger partial charge in [0.1, 0.15) is 4.88 Å². The fourth-order valence-electron chi connectivity index (χ4n) is 2.46. The van der Waals surface area contributed by atoms with Crippen LogP contribution in [0.15, 0.2) is 6.20 Å². The van der Waals surface area contributed by atoms with Crippen LogP contribution >= 0.6 is 11.3 Å². The Kier molecular flexibility index (Phi) is 3.79. The predicted octanol–water partition coefficient (Wildman–Crippen LogP) is 2.26. The van der Waals surface area contributed by atoms with E-state index >= 15 is 0 Å². The van der Waals surface area contributed by atoms with Gasteiger partial charge in [-0.05, 0) is 33.2 Å². The van der Waals surface area contributed by atoms with E-state index in [9.17, 15) is 4.79 Å². The maximum Gasteiger partial charge on any atom is 0.347 e. The smallest absolute Gasteiger partial charge is 0.347 e. The molecule has 0 aliphatic carbocycles. The summed E-state index contributed by atoms with van der Waals surface area (Å²) in [6.45, 7) is 5.57. The van der Waals surface area contributed by atoms with Crippen molar-refractivity contribution in [2.45, 2.75) is 45.2 Å². The Morgan fingerprint density at radius 3 is 3.06 bits per heavy atom. The molecule has 1 atom stereocenters. The van der Waals surface area contributed by atoms with Crippen molar-refractivity contribution < 1.29 is 9.90 Å². The first-order valence-electron chi connectivity index (χ1n) is 6.01. The molecule has 1 N–H and O–H groups in total. The largest absolute Gasteiger partial charge is 0.477 e. The zero-order valence-corrected chi connectivity index (χ0v) is 11.0. The lowest BCUT2D eigenvalue weighted by Crippen LogP contribution is -2.36. The lowest BCUT2D eigenvalue weighted by atomic mass is 10.1. The summed E-state index contributed by atoms with van der Waals surface area (Å²) in [7, 11) is 0. The molecule has 0 saturated carbocycles. The standard InChI is InChI=1S/C12H18N2O2S/c1-8(2)14-5-3-4-9(14)6-11-13-7-10(17-11)12(15)16/h7-9H,3-6H2,1-2H3,(H,15,16). The monoisotopic (exact) mass is 254 g/mol. The Morgan fingerprint density at radius 1 is 1.71 bits per heavy atom. The zero-order valence-electron chi connectivity index (χ0n) is 10.2. The van der Waals surface area contributed by atoms with Crippen molar-refractivity contribution in [3.05, 3.63) is 16.1 Å². The Morgan fingerprint density at radius 2 is 2.47 bits per heavy atom. The Hall–Kier alpha value is -0.940. The molecule has 0 radical (unpaired) electrons. The highest BCUT2D eigenvalue weighted by Gasteiger charge is 2.27. The number of likely N-dealkylation sites (tertiary alicyclic amines) is 1. The van der Waals surface area contributed by atoms with Crippen molar-refractivity contribution in [2.24, 2.45) is 0 Å². The van der Waals surface area contributed by atoms with Gasteiger partial charge in [-0.25, -0.2) is 9.78 Å². The molecule has 0 bridgehead atoms. The summed E-state index contributed by atoms with van der Waals surface area (Å²) >= 11 is 1.30. The van der Waals surface area contributed by atoms with Crippen LogP contribution in [0.5, 0.6) is 0 Å². The van der Waals surface area contributed by atoms with E-state index in [-0.39, 0.29) is 0 Å². The molecule has 94 valence electrons. The van der Waals surface area contributed by atoms with Gasteiger partial charge in [-0.15, -0.1) is 11.3 Å². The molecule has 17 heavy (non-hydrogen) atoms. The van der Waals surface area contributed by atoms with Crippen LogP contribution in [0.3, 0.4) is 0 Å². The highest BCUT2D eigenvalue weighted by Crippen LogP contribution is 2.25. The first-order chi connectivity index (χ1) is 8.08. The number of thiazole rings is 1. The van der Waals surface area contributed by atoms with Crippen LogP contribution in [-0.2, 0) is 6.42 Å². The molecule has 0 aromatic carbocycles. The molecule has 1 aliphatic rings. The van der Waals surface area contributed by atoms with Crippen molar-refractivity contribution in [1.29, 1.82) is 0 Å². The third-order valence-electron chi connectivity index (χ3n) is 3.26. The second-order valence-corrected chi connectivity index (χ2v) is 5.87. The molecule has 0 spiro atoms. The SMILES string of the molecule is CC(C)N1CCCC1Cc1ncc(C(=O)O)s1. The molecule has 4 nitrogen and oxygen atoms in total. The average molecular weight is 254 g/mol. The van der Waals surface area contributed by atoms with E-state index in [1.807, 2.05) is 0 Å². The first-order valence-corrected chi connectivity index (χ1v) is 6.83. The van der Waals surface area contributed by atoms with Crippen LogP contribution in [0, 0.1) is 0 Å². The van der Waals surface area contributed by atoms with Gasteiger partial charge in [0.25, 0.3) is 0 Å². The summed E-state index contributed by atoms with van der Waals surface area (Å²) in [5.41, 5.74) is 0. The highest BCUT2D eigenvalue weighted by molar-refractivity contribution is 7.13. The van der Waals surface area contributed by atoms with Gasteiger partial charge in [0, 0.05) is 18.5 Å². The van der Waals surface area contributed by atoms with E-state index in [1.54, 1.807) is 0 Å². The molecule has 2 rings (SSSR count). The Bertz CT molecular complexity index is 403. The van der Waals surface area contributed by atoms with Gasteiger partial charge in [-0.2, -0.15) is 0 Å². The molecule has 2 heterocycles. The van der Waals surface area contributed by atoms with Crippen LogP contribution in [0.1, 0.15) is 41.4 Å². The van der Waals surface area contributed by atoms with E-state index in [0.29, 0.717) is 17.0 Å². The van der Waals surface area contributed by atoms with Gasteiger partial charge in [0.15, 0.2) is 0 Å². The third-order valence-corrected chi connectivity index (χ3v) is 4.27. The number of rotatable bonds is 4. The molecule has 1 aromatic heterocycles. The molecule has 1 aliphatic heterocycles. The van der Waals surface area contributed by atoms with Crippen molar-refractivity contribution in [2.75, 3.05) is 6.54 Å². The lowest BCUT2D eigenvalue weighted by Gasteiger charge is -2.27. The van der Waals surface area contributed by atoms with Crippen molar-refractivity contribution >= 4 is 17.3 Å². The minimum absolute atomic E-state index is 0.342. The minimum atomic E-state index is -0.874. The van der Waals surface area contributed by atoms with Gasteiger partial charge in [-0.3, -0.25) is 4.90 Å². The number of carboxylic acids is 1. The number of carboxylic acid groups (broad SMARTS) is 1. The predicted molar refractivity (Wildman–Crippen MR) is 67.6 cm³/mol. The molecule has 1 saturated heterocycles. The molecular formula is C12H18N2O2S. The van der Waals surface area contributed by atoms with Crippen molar-refractivity contribution in [3.63, 3.8) is 0 Å². The fraction of sp³-hybridized carbons (Fsp3) is 0.667. The van der Waals surface area contributed by atoms with Crippen LogP contribution < -0.4 is 0 Å². The first kappa shape index (κ1) is 12.5. The van der Waals surface area contributed by atoms with Crippen LogP contribution in [-0.4, -0.2) is 39.6 Å². The number of carbonyl (C=O) groups is 1. The molecule has 1 fully saturated rings. The van der Waals surface area contributed by atoms with E-state index < -0.39 is 5.97 Å². The fourth-order valence-corrected chi connectivity index (χ4v) is 3.29. The summed E-state index contributed by atoms with van der Waals surface area (Å²) in [5.74, 6) is -0.874. The Balaban J connectivity index is 2.02. The second kappa shape index (κ2) is 5.14. The number of aromatic carboxylic acids is 1. The minimum Gasteiger partial charge on any atom is -0.477 e. The van der Waals surface area contributed by atoms with Crippen molar-refractivity contribution in [3.8, 4) is 0 Å². The molecule has 1 aromatic rings. The average Bonchev–Trinajstić information content (AvgIpc) is 2.86. The number of hydrogen-bond acceptors (Lipinski definition) is 4. The third kappa shape index (κ3) is 2.84. The zero-order chi connectivity index (χ0) is 12.4. The van der Waals surface area contributed by atoms with Gasteiger partial charge in [-0.1, -0.05) is 0 Å². The van der Waals surface area contributed by atoms with Crippen LogP contribution in [0.2, 0.25) is 0 Å². The summed E-state index contributed by atoms with van der Waals surface area (Å²) in [5, 5.41) is 9.80. The summed E-state index contributed by atoms with van der Waals surface area (Å²) < 4.78 is 0. The van der Waals surface area contributed by atoms with Gasteiger partial charge in [0.05, 0.1) is 11.2 Å². The van der Waals surface area contributed by atoms with E-state index in [0.717, 1.165) is 18.0 Å².